The van der Waals surface area contributed by atoms with Gasteiger partial charge in [-0.3, -0.25) is 0 Å². The summed E-state index contributed by atoms with van der Waals surface area (Å²) in [5, 5.41) is 3.39. The highest BCUT2D eigenvalue weighted by Gasteiger charge is 2.19. The van der Waals surface area contributed by atoms with Crippen molar-refractivity contribution in [3.63, 3.8) is 0 Å². The van der Waals surface area contributed by atoms with Gasteiger partial charge in [0.05, 0.1) is 9.26 Å². The molecular formula is C14H24IN3O. The smallest absolute Gasteiger partial charge is 0.159 e. The Kier molecular flexibility index (Phi) is 6.99. The van der Waals surface area contributed by atoms with E-state index in [0.29, 0.717) is 5.92 Å². The third kappa shape index (κ3) is 4.27. The lowest BCUT2D eigenvalue weighted by Crippen LogP contribution is -2.14. The summed E-state index contributed by atoms with van der Waals surface area (Å²) in [4.78, 5) is 9.34. The van der Waals surface area contributed by atoms with Crippen molar-refractivity contribution in [1.82, 2.24) is 9.97 Å². The van der Waals surface area contributed by atoms with Gasteiger partial charge in [-0.1, -0.05) is 27.7 Å². The molecule has 0 aliphatic carbocycles. The molecule has 1 atom stereocenters. The molecule has 0 bridgehead atoms. The van der Waals surface area contributed by atoms with Gasteiger partial charge in [-0.2, -0.15) is 0 Å². The summed E-state index contributed by atoms with van der Waals surface area (Å²) in [6.45, 7) is 9.48. The van der Waals surface area contributed by atoms with Crippen molar-refractivity contribution in [2.45, 2.75) is 52.6 Å². The monoisotopic (exact) mass is 377 g/mol. The predicted molar refractivity (Wildman–Crippen MR) is 87.7 cm³/mol. The van der Waals surface area contributed by atoms with E-state index in [-0.39, 0.29) is 6.10 Å². The summed E-state index contributed by atoms with van der Waals surface area (Å²) in [5.74, 6) is 2.10. The summed E-state index contributed by atoms with van der Waals surface area (Å²) in [6.07, 6.45) is 1.92. The van der Waals surface area contributed by atoms with E-state index in [1.165, 1.54) is 0 Å². The number of nitrogens with zero attached hydrogens (tertiary/aromatic N) is 2. The van der Waals surface area contributed by atoms with Gasteiger partial charge in [0, 0.05) is 13.7 Å². The molecule has 0 spiro atoms. The highest BCUT2D eigenvalue weighted by atomic mass is 127. The molecular weight excluding hydrogens is 353 g/mol. The molecule has 1 unspecified atom stereocenters. The summed E-state index contributed by atoms with van der Waals surface area (Å²) < 4.78 is 6.59. The maximum absolute atomic E-state index is 5.46. The van der Waals surface area contributed by atoms with E-state index in [9.17, 15) is 0 Å². The average Bonchev–Trinajstić information content (AvgIpc) is 2.39. The molecule has 0 amide bonds. The average molecular weight is 377 g/mol. The van der Waals surface area contributed by atoms with Crippen LogP contribution in [0.1, 0.15) is 64.1 Å². The van der Waals surface area contributed by atoms with Crippen molar-refractivity contribution in [3.05, 3.63) is 15.1 Å². The molecule has 0 aliphatic rings. The minimum atomic E-state index is -0.0309. The number of methoxy groups -OCH3 is 1. The number of hydrogen-bond donors (Lipinski definition) is 1. The molecule has 5 heteroatoms. The van der Waals surface area contributed by atoms with Crippen LogP contribution in [0.25, 0.3) is 0 Å². The Hall–Kier alpha value is -0.430. The van der Waals surface area contributed by atoms with E-state index < -0.39 is 0 Å². The van der Waals surface area contributed by atoms with Crippen LogP contribution in [-0.4, -0.2) is 23.6 Å². The Morgan fingerprint density at radius 2 is 1.95 bits per heavy atom. The van der Waals surface area contributed by atoms with Crippen LogP contribution in [0.5, 0.6) is 0 Å². The van der Waals surface area contributed by atoms with Crippen LogP contribution in [0.2, 0.25) is 0 Å². The first-order chi connectivity index (χ1) is 9.04. The molecule has 1 aromatic rings. The lowest BCUT2D eigenvalue weighted by atomic mass is 10.1. The van der Waals surface area contributed by atoms with E-state index in [2.05, 4.69) is 60.6 Å². The molecule has 19 heavy (non-hydrogen) atoms. The third-order valence-corrected chi connectivity index (χ3v) is 3.99. The fourth-order valence-electron chi connectivity index (χ4n) is 1.82. The lowest BCUT2D eigenvalue weighted by Gasteiger charge is -2.18. The number of aromatic nitrogens is 2. The van der Waals surface area contributed by atoms with Gasteiger partial charge in [0.1, 0.15) is 11.9 Å². The molecule has 4 nitrogen and oxygen atoms in total. The van der Waals surface area contributed by atoms with Gasteiger partial charge in [0.2, 0.25) is 0 Å². The van der Waals surface area contributed by atoms with Gasteiger partial charge in [-0.25, -0.2) is 9.97 Å². The van der Waals surface area contributed by atoms with E-state index in [4.69, 9.17) is 9.72 Å². The van der Waals surface area contributed by atoms with Crippen molar-refractivity contribution >= 4 is 28.4 Å². The van der Waals surface area contributed by atoms with Gasteiger partial charge < -0.3 is 10.1 Å². The minimum Gasteiger partial charge on any atom is -0.373 e. The van der Waals surface area contributed by atoms with Gasteiger partial charge in [0.25, 0.3) is 0 Å². The quantitative estimate of drug-likeness (QED) is 0.726. The van der Waals surface area contributed by atoms with Gasteiger partial charge >= 0.3 is 0 Å². The lowest BCUT2D eigenvalue weighted by molar-refractivity contribution is 0.0924. The highest BCUT2D eigenvalue weighted by molar-refractivity contribution is 14.1. The largest absolute Gasteiger partial charge is 0.373 e. The molecule has 0 saturated carbocycles. The molecule has 0 saturated heterocycles. The number of nitrogens with one attached hydrogen (secondary N) is 1. The molecule has 0 radical (unpaired) electrons. The maximum Gasteiger partial charge on any atom is 0.159 e. The first-order valence-corrected chi connectivity index (χ1v) is 7.96. The highest BCUT2D eigenvalue weighted by Crippen LogP contribution is 2.28. The molecule has 1 N–H and O–H groups in total. The zero-order valence-corrected chi connectivity index (χ0v) is 14.6. The summed E-state index contributed by atoms with van der Waals surface area (Å²) >= 11 is 2.33. The van der Waals surface area contributed by atoms with E-state index in [0.717, 1.165) is 40.3 Å². The molecule has 0 fully saturated rings. The van der Waals surface area contributed by atoms with E-state index >= 15 is 0 Å². The van der Waals surface area contributed by atoms with Crippen molar-refractivity contribution in [2.24, 2.45) is 0 Å². The maximum atomic E-state index is 5.46. The van der Waals surface area contributed by atoms with E-state index in [1.54, 1.807) is 7.11 Å². The standard InChI is InChI=1S/C14H24IN3O/c1-6-8-16-14-11(15)12(9(3)4)17-13(18-14)10(7-2)19-5/h9-10H,6-8H2,1-5H3,(H,16,17,18). The predicted octanol–water partition coefficient (Wildman–Crippen LogP) is 4.12. The SMILES string of the molecule is CCCNc1nc(C(CC)OC)nc(C(C)C)c1I. The van der Waals surface area contributed by atoms with Crippen molar-refractivity contribution < 1.29 is 4.74 Å². The molecule has 1 rings (SSSR count). The Morgan fingerprint density at radius 1 is 1.26 bits per heavy atom. The second-order valence-corrected chi connectivity index (χ2v) is 5.92. The first kappa shape index (κ1) is 16.6. The fraction of sp³-hybridized carbons (Fsp3) is 0.714. The second-order valence-electron chi connectivity index (χ2n) is 4.84. The fourth-order valence-corrected chi connectivity index (χ4v) is 2.88. The molecule has 0 aliphatic heterocycles. The molecule has 108 valence electrons. The normalized spacial score (nSPS) is 12.8. The van der Waals surface area contributed by atoms with Crippen molar-refractivity contribution in [2.75, 3.05) is 19.0 Å². The van der Waals surface area contributed by atoms with Gasteiger partial charge in [0.15, 0.2) is 5.82 Å². The summed E-state index contributed by atoms with van der Waals surface area (Å²) in [5.41, 5.74) is 1.10. The van der Waals surface area contributed by atoms with Gasteiger partial charge in [-0.05, 0) is 41.4 Å². The van der Waals surface area contributed by atoms with Crippen LogP contribution in [0.4, 0.5) is 5.82 Å². The second kappa shape index (κ2) is 7.99. The van der Waals surface area contributed by atoms with E-state index in [1.807, 2.05) is 0 Å². The number of hydrogen-bond acceptors (Lipinski definition) is 4. The molecule has 0 aromatic carbocycles. The van der Waals surface area contributed by atoms with Gasteiger partial charge in [-0.15, -0.1) is 0 Å². The van der Waals surface area contributed by atoms with Crippen LogP contribution in [-0.2, 0) is 4.74 Å². The van der Waals surface area contributed by atoms with Crippen LogP contribution in [0.3, 0.4) is 0 Å². The van der Waals surface area contributed by atoms with Crippen molar-refractivity contribution in [1.29, 1.82) is 0 Å². The Bertz CT molecular complexity index is 406. The number of rotatable bonds is 7. The van der Waals surface area contributed by atoms with Crippen LogP contribution in [0, 0.1) is 3.57 Å². The number of halogens is 1. The number of anilines is 1. The first-order valence-electron chi connectivity index (χ1n) is 6.89. The Morgan fingerprint density at radius 3 is 2.42 bits per heavy atom. The Balaban J connectivity index is 3.21. The van der Waals surface area contributed by atoms with Crippen LogP contribution >= 0.6 is 22.6 Å². The topological polar surface area (TPSA) is 47.0 Å². The third-order valence-electron chi connectivity index (χ3n) is 2.93. The minimum absolute atomic E-state index is 0.0309. The molecule has 1 heterocycles. The zero-order chi connectivity index (χ0) is 14.4. The van der Waals surface area contributed by atoms with Crippen LogP contribution in [0.15, 0.2) is 0 Å². The van der Waals surface area contributed by atoms with Crippen LogP contribution < -0.4 is 5.32 Å². The summed E-state index contributed by atoms with van der Waals surface area (Å²) in [6, 6.07) is 0. The van der Waals surface area contributed by atoms with Crippen molar-refractivity contribution in [3.8, 4) is 0 Å². The summed E-state index contributed by atoms with van der Waals surface area (Å²) in [7, 11) is 1.71. The Labute approximate surface area is 129 Å². The number of ether oxygens (including phenoxy) is 1. The zero-order valence-electron chi connectivity index (χ0n) is 12.5. The molecule has 1 aromatic heterocycles.